The van der Waals surface area contributed by atoms with Crippen molar-refractivity contribution >= 4 is 11.8 Å². The SMILES string of the molecule is CCCCSC1CC/C=C\CCC1. The first-order valence-electron chi connectivity index (χ1n) is 5.70. The van der Waals surface area contributed by atoms with Gasteiger partial charge in [0.25, 0.3) is 0 Å². The molecule has 76 valence electrons. The molecule has 0 aromatic heterocycles. The van der Waals surface area contributed by atoms with Crippen LogP contribution in [-0.4, -0.2) is 11.0 Å². The van der Waals surface area contributed by atoms with E-state index in [1.54, 1.807) is 0 Å². The van der Waals surface area contributed by atoms with Gasteiger partial charge in [-0.3, -0.25) is 0 Å². The molecule has 0 saturated carbocycles. The number of rotatable bonds is 4. The molecule has 1 heteroatoms. The van der Waals surface area contributed by atoms with Crippen LogP contribution in [0.2, 0.25) is 0 Å². The highest BCUT2D eigenvalue weighted by Crippen LogP contribution is 2.25. The van der Waals surface area contributed by atoms with E-state index in [1.165, 1.54) is 50.7 Å². The van der Waals surface area contributed by atoms with Crippen molar-refractivity contribution in [1.29, 1.82) is 0 Å². The van der Waals surface area contributed by atoms with Gasteiger partial charge in [0.1, 0.15) is 0 Å². The Balaban J connectivity index is 2.12. The molecule has 1 aliphatic rings. The molecular weight excluding hydrogens is 176 g/mol. The molecule has 13 heavy (non-hydrogen) atoms. The fraction of sp³-hybridized carbons (Fsp3) is 0.833. The second-order valence-corrected chi connectivity index (χ2v) is 5.23. The number of allylic oxidation sites excluding steroid dienone is 2. The molecule has 0 aromatic carbocycles. The Labute approximate surface area is 87.2 Å². The van der Waals surface area contributed by atoms with Crippen molar-refractivity contribution < 1.29 is 0 Å². The standard InChI is InChI=1S/C12H22S/c1-2-3-11-13-12-9-7-5-4-6-8-10-12/h4-5,12H,2-3,6-11H2,1H3/b5-4-. The fourth-order valence-corrected chi connectivity index (χ4v) is 3.11. The highest BCUT2D eigenvalue weighted by Gasteiger charge is 2.08. The fourth-order valence-electron chi connectivity index (χ4n) is 1.69. The third-order valence-corrected chi connectivity index (χ3v) is 4.04. The van der Waals surface area contributed by atoms with Crippen LogP contribution in [0.4, 0.5) is 0 Å². The van der Waals surface area contributed by atoms with Crippen LogP contribution in [-0.2, 0) is 0 Å². The highest BCUT2D eigenvalue weighted by atomic mass is 32.2. The van der Waals surface area contributed by atoms with Crippen LogP contribution >= 0.6 is 11.8 Å². The normalized spacial score (nSPS) is 26.4. The van der Waals surface area contributed by atoms with Crippen LogP contribution in [0.15, 0.2) is 12.2 Å². The molecule has 0 saturated heterocycles. The molecule has 0 aromatic rings. The van der Waals surface area contributed by atoms with Gasteiger partial charge in [-0.25, -0.2) is 0 Å². The van der Waals surface area contributed by atoms with Gasteiger partial charge in [0.15, 0.2) is 0 Å². The summed E-state index contributed by atoms with van der Waals surface area (Å²) in [7, 11) is 0. The Morgan fingerprint density at radius 1 is 1.23 bits per heavy atom. The second kappa shape index (κ2) is 7.49. The van der Waals surface area contributed by atoms with Gasteiger partial charge >= 0.3 is 0 Å². The summed E-state index contributed by atoms with van der Waals surface area (Å²) >= 11 is 2.21. The zero-order valence-electron chi connectivity index (χ0n) is 8.80. The molecule has 0 radical (unpaired) electrons. The summed E-state index contributed by atoms with van der Waals surface area (Å²) in [6, 6.07) is 0. The van der Waals surface area contributed by atoms with Crippen LogP contribution in [0.1, 0.15) is 51.9 Å². The molecule has 1 atom stereocenters. The van der Waals surface area contributed by atoms with E-state index >= 15 is 0 Å². The second-order valence-electron chi connectivity index (χ2n) is 3.83. The Morgan fingerprint density at radius 3 is 2.92 bits per heavy atom. The lowest BCUT2D eigenvalue weighted by molar-refractivity contribution is 0.652. The van der Waals surface area contributed by atoms with Gasteiger partial charge in [0, 0.05) is 5.25 Å². The van der Waals surface area contributed by atoms with Crippen molar-refractivity contribution in [3.05, 3.63) is 12.2 Å². The lowest BCUT2D eigenvalue weighted by atomic mass is 10.1. The van der Waals surface area contributed by atoms with Gasteiger partial charge in [-0.05, 0) is 44.3 Å². The minimum Gasteiger partial charge on any atom is -0.159 e. The molecule has 0 heterocycles. The van der Waals surface area contributed by atoms with Gasteiger partial charge < -0.3 is 0 Å². The molecule has 0 nitrogen and oxygen atoms in total. The predicted octanol–water partition coefficient (Wildman–Crippen LogP) is 4.41. The first-order valence-corrected chi connectivity index (χ1v) is 6.75. The molecule has 0 aliphatic heterocycles. The van der Waals surface area contributed by atoms with Crippen LogP contribution < -0.4 is 0 Å². The van der Waals surface area contributed by atoms with Crippen molar-refractivity contribution in [2.75, 3.05) is 5.75 Å². The maximum atomic E-state index is 2.37. The van der Waals surface area contributed by atoms with Crippen molar-refractivity contribution in [1.82, 2.24) is 0 Å². The quantitative estimate of drug-likeness (QED) is 0.476. The summed E-state index contributed by atoms with van der Waals surface area (Å²) in [5.41, 5.74) is 0. The van der Waals surface area contributed by atoms with Crippen LogP contribution in [0, 0.1) is 0 Å². The molecule has 1 unspecified atom stereocenters. The lowest BCUT2D eigenvalue weighted by Gasteiger charge is -2.16. The average molecular weight is 198 g/mol. The van der Waals surface area contributed by atoms with E-state index in [1.807, 2.05) is 0 Å². The summed E-state index contributed by atoms with van der Waals surface area (Å²) < 4.78 is 0. The lowest BCUT2D eigenvalue weighted by Crippen LogP contribution is -2.04. The summed E-state index contributed by atoms with van der Waals surface area (Å²) in [5, 5.41) is 0.955. The Hall–Kier alpha value is 0.0900. The third-order valence-electron chi connectivity index (χ3n) is 2.57. The van der Waals surface area contributed by atoms with Crippen molar-refractivity contribution in [3.8, 4) is 0 Å². The number of thioether (sulfide) groups is 1. The van der Waals surface area contributed by atoms with E-state index in [2.05, 4.69) is 30.8 Å². The Kier molecular flexibility index (Phi) is 6.43. The van der Waals surface area contributed by atoms with Gasteiger partial charge in [0.05, 0.1) is 0 Å². The van der Waals surface area contributed by atoms with Crippen LogP contribution in [0.5, 0.6) is 0 Å². The van der Waals surface area contributed by atoms with E-state index < -0.39 is 0 Å². The molecule has 0 amide bonds. The molecular formula is C12H22S. The predicted molar refractivity (Wildman–Crippen MR) is 63.4 cm³/mol. The summed E-state index contributed by atoms with van der Waals surface area (Å²) in [6.45, 7) is 2.28. The van der Waals surface area contributed by atoms with Crippen molar-refractivity contribution in [2.45, 2.75) is 57.1 Å². The average Bonchev–Trinajstić information content (AvgIpc) is 2.08. The maximum absolute atomic E-state index is 2.37. The number of hydrogen-bond donors (Lipinski definition) is 0. The van der Waals surface area contributed by atoms with E-state index in [0.717, 1.165) is 5.25 Å². The van der Waals surface area contributed by atoms with Crippen molar-refractivity contribution in [3.63, 3.8) is 0 Å². The van der Waals surface area contributed by atoms with Crippen LogP contribution in [0.25, 0.3) is 0 Å². The largest absolute Gasteiger partial charge is 0.159 e. The zero-order valence-corrected chi connectivity index (χ0v) is 9.61. The molecule has 0 bridgehead atoms. The molecule has 0 fully saturated rings. The molecule has 0 spiro atoms. The molecule has 1 aliphatic carbocycles. The van der Waals surface area contributed by atoms with Gasteiger partial charge in [-0.1, -0.05) is 25.5 Å². The minimum atomic E-state index is 0.955. The summed E-state index contributed by atoms with van der Waals surface area (Å²) in [5.74, 6) is 1.38. The monoisotopic (exact) mass is 198 g/mol. The zero-order chi connectivity index (χ0) is 9.36. The topological polar surface area (TPSA) is 0 Å². The first kappa shape index (κ1) is 11.2. The minimum absolute atomic E-state index is 0.955. The number of hydrogen-bond acceptors (Lipinski definition) is 1. The maximum Gasteiger partial charge on any atom is 0.00501 e. The summed E-state index contributed by atoms with van der Waals surface area (Å²) in [6.07, 6.45) is 14.3. The van der Waals surface area contributed by atoms with E-state index in [-0.39, 0.29) is 0 Å². The first-order chi connectivity index (χ1) is 6.43. The Morgan fingerprint density at radius 2 is 2.08 bits per heavy atom. The summed E-state index contributed by atoms with van der Waals surface area (Å²) in [4.78, 5) is 0. The third kappa shape index (κ3) is 5.41. The van der Waals surface area contributed by atoms with Crippen LogP contribution in [0.3, 0.4) is 0 Å². The molecule has 0 N–H and O–H groups in total. The highest BCUT2D eigenvalue weighted by molar-refractivity contribution is 7.99. The van der Waals surface area contributed by atoms with Gasteiger partial charge in [-0.15, -0.1) is 0 Å². The van der Waals surface area contributed by atoms with E-state index in [4.69, 9.17) is 0 Å². The Bertz CT molecular complexity index is 140. The van der Waals surface area contributed by atoms with Gasteiger partial charge in [-0.2, -0.15) is 11.8 Å². The number of unbranched alkanes of at least 4 members (excludes halogenated alkanes) is 1. The van der Waals surface area contributed by atoms with Crippen molar-refractivity contribution in [2.24, 2.45) is 0 Å². The van der Waals surface area contributed by atoms with Gasteiger partial charge in [0.2, 0.25) is 0 Å². The molecule has 1 rings (SSSR count). The van der Waals surface area contributed by atoms with E-state index in [9.17, 15) is 0 Å². The van der Waals surface area contributed by atoms with E-state index in [0.29, 0.717) is 0 Å². The smallest absolute Gasteiger partial charge is 0.00501 e.